The molecule has 0 radical (unpaired) electrons. The van der Waals surface area contributed by atoms with Crippen molar-refractivity contribution in [3.63, 3.8) is 0 Å². The van der Waals surface area contributed by atoms with Crippen LogP contribution in [0.25, 0.3) is 0 Å². The third-order valence-corrected chi connectivity index (χ3v) is 3.46. The summed E-state index contributed by atoms with van der Waals surface area (Å²) in [6.07, 6.45) is 3.94. The molecule has 0 fully saturated rings. The zero-order chi connectivity index (χ0) is 13.5. The summed E-state index contributed by atoms with van der Waals surface area (Å²) in [5.74, 6) is 1.27. The molecule has 1 aromatic rings. The van der Waals surface area contributed by atoms with Crippen LogP contribution >= 0.6 is 11.8 Å². The maximum atomic E-state index is 9.21. The summed E-state index contributed by atoms with van der Waals surface area (Å²) in [5, 5.41) is 9.88. The first-order valence-corrected chi connectivity index (χ1v) is 7.44. The summed E-state index contributed by atoms with van der Waals surface area (Å²) in [6, 6.07) is 2.13. The Balaban J connectivity index is 3.07. The quantitative estimate of drug-likeness (QED) is 0.581. The molecule has 18 heavy (non-hydrogen) atoms. The summed E-state index contributed by atoms with van der Waals surface area (Å²) in [4.78, 5) is 10.7. The molecule has 6 heteroatoms. The van der Waals surface area contributed by atoms with Crippen LogP contribution in [0.2, 0.25) is 0 Å². The lowest BCUT2D eigenvalue weighted by atomic mass is 10.1. The van der Waals surface area contributed by atoms with Crippen LogP contribution in [0.5, 0.6) is 0 Å². The molecule has 0 aliphatic rings. The van der Waals surface area contributed by atoms with Crippen LogP contribution in [0.1, 0.15) is 26.7 Å². The van der Waals surface area contributed by atoms with Gasteiger partial charge in [-0.05, 0) is 19.1 Å². The van der Waals surface area contributed by atoms with E-state index in [-0.39, 0.29) is 6.61 Å². The maximum Gasteiger partial charge on any atom is 0.191 e. The van der Waals surface area contributed by atoms with Crippen molar-refractivity contribution in [2.24, 2.45) is 0 Å². The van der Waals surface area contributed by atoms with E-state index < -0.39 is 0 Å². The Morgan fingerprint density at radius 1 is 1.39 bits per heavy atom. The summed E-state index contributed by atoms with van der Waals surface area (Å²) in [5.41, 5.74) is 5.80. The van der Waals surface area contributed by atoms with Gasteiger partial charge in [0.2, 0.25) is 0 Å². The molecular formula is C12H22N4OS. The number of aromatic nitrogens is 2. The molecule has 0 aliphatic carbocycles. The fourth-order valence-electron chi connectivity index (χ4n) is 1.99. The zero-order valence-electron chi connectivity index (χ0n) is 11.3. The number of nitrogen functional groups attached to an aromatic ring is 1. The van der Waals surface area contributed by atoms with Crippen molar-refractivity contribution in [3.05, 3.63) is 6.07 Å². The number of aliphatic hydroxyl groups excluding tert-OH is 1. The first kappa shape index (κ1) is 15.0. The van der Waals surface area contributed by atoms with E-state index in [1.165, 1.54) is 11.8 Å². The molecule has 1 rings (SSSR count). The lowest BCUT2D eigenvalue weighted by Gasteiger charge is -2.31. The minimum absolute atomic E-state index is 0.106. The fraction of sp³-hybridized carbons (Fsp3) is 0.667. The molecule has 102 valence electrons. The number of hydrogen-bond donors (Lipinski definition) is 2. The highest BCUT2D eigenvalue weighted by atomic mass is 32.2. The molecule has 3 N–H and O–H groups in total. The summed E-state index contributed by atoms with van der Waals surface area (Å²) < 4.78 is 0. The van der Waals surface area contributed by atoms with Gasteiger partial charge in [0.25, 0.3) is 0 Å². The van der Waals surface area contributed by atoms with Gasteiger partial charge in [-0.1, -0.05) is 25.6 Å². The van der Waals surface area contributed by atoms with Gasteiger partial charge in [0, 0.05) is 18.7 Å². The number of nitrogens with two attached hydrogens (primary N) is 1. The van der Waals surface area contributed by atoms with Gasteiger partial charge in [0.15, 0.2) is 5.16 Å². The first-order valence-electron chi connectivity index (χ1n) is 6.22. The van der Waals surface area contributed by atoms with Crippen molar-refractivity contribution < 1.29 is 5.11 Å². The van der Waals surface area contributed by atoms with Crippen LogP contribution in [-0.2, 0) is 0 Å². The van der Waals surface area contributed by atoms with E-state index >= 15 is 0 Å². The van der Waals surface area contributed by atoms with Crippen LogP contribution in [0, 0.1) is 0 Å². The van der Waals surface area contributed by atoms with Crippen LogP contribution in [0.3, 0.4) is 0 Å². The number of thioether (sulfide) groups is 1. The largest absolute Gasteiger partial charge is 0.395 e. The summed E-state index contributed by atoms with van der Waals surface area (Å²) in [6.45, 7) is 4.95. The molecule has 0 aromatic carbocycles. The van der Waals surface area contributed by atoms with Crippen molar-refractivity contribution in [1.29, 1.82) is 0 Å². The normalized spacial score (nSPS) is 10.9. The van der Waals surface area contributed by atoms with Gasteiger partial charge < -0.3 is 15.7 Å². The number of aliphatic hydroxyl groups is 1. The van der Waals surface area contributed by atoms with E-state index in [1.807, 2.05) is 6.26 Å². The minimum Gasteiger partial charge on any atom is -0.395 e. The van der Waals surface area contributed by atoms with Gasteiger partial charge in [-0.15, -0.1) is 0 Å². The SMILES string of the molecule is CCC(CC)N(CCO)c1cc(N)nc(SC)n1. The zero-order valence-corrected chi connectivity index (χ0v) is 12.1. The Hall–Kier alpha value is -1.01. The molecule has 0 bridgehead atoms. The smallest absolute Gasteiger partial charge is 0.191 e. The van der Waals surface area contributed by atoms with E-state index in [0.717, 1.165) is 18.7 Å². The second-order valence-electron chi connectivity index (χ2n) is 4.03. The lowest BCUT2D eigenvalue weighted by Crippen LogP contribution is -2.37. The van der Waals surface area contributed by atoms with Gasteiger partial charge in [-0.3, -0.25) is 0 Å². The van der Waals surface area contributed by atoms with Crippen molar-refractivity contribution in [2.75, 3.05) is 30.0 Å². The van der Waals surface area contributed by atoms with E-state index in [2.05, 4.69) is 28.7 Å². The first-order chi connectivity index (χ1) is 8.65. The van der Waals surface area contributed by atoms with E-state index in [0.29, 0.717) is 23.6 Å². The Morgan fingerprint density at radius 2 is 2.06 bits per heavy atom. The molecular weight excluding hydrogens is 248 g/mol. The molecule has 1 aromatic heterocycles. The number of nitrogens with zero attached hydrogens (tertiary/aromatic N) is 3. The Labute approximate surface area is 113 Å². The highest BCUT2D eigenvalue weighted by molar-refractivity contribution is 7.98. The third kappa shape index (κ3) is 3.74. The molecule has 1 heterocycles. The van der Waals surface area contributed by atoms with E-state index in [9.17, 15) is 5.11 Å². The van der Waals surface area contributed by atoms with E-state index in [4.69, 9.17) is 5.73 Å². The van der Waals surface area contributed by atoms with Crippen molar-refractivity contribution in [2.45, 2.75) is 37.9 Å². The van der Waals surface area contributed by atoms with E-state index in [1.54, 1.807) is 6.07 Å². The fourth-order valence-corrected chi connectivity index (χ4v) is 2.37. The molecule has 0 saturated carbocycles. The van der Waals surface area contributed by atoms with Crippen molar-refractivity contribution in [3.8, 4) is 0 Å². The summed E-state index contributed by atoms with van der Waals surface area (Å²) >= 11 is 1.47. The van der Waals surface area contributed by atoms with Gasteiger partial charge in [0.05, 0.1) is 6.61 Å². The average molecular weight is 270 g/mol. The minimum atomic E-state index is 0.106. The molecule has 0 aliphatic heterocycles. The molecule has 0 unspecified atom stereocenters. The predicted octanol–water partition coefficient (Wildman–Crippen LogP) is 1.77. The Kier molecular flexibility index (Phi) is 6.21. The molecule has 5 nitrogen and oxygen atoms in total. The number of anilines is 2. The number of rotatable bonds is 7. The van der Waals surface area contributed by atoms with Crippen molar-refractivity contribution >= 4 is 23.4 Å². The second-order valence-corrected chi connectivity index (χ2v) is 4.80. The van der Waals surface area contributed by atoms with Crippen LogP contribution < -0.4 is 10.6 Å². The lowest BCUT2D eigenvalue weighted by molar-refractivity contribution is 0.295. The second kappa shape index (κ2) is 7.43. The standard InChI is InChI=1S/C12H22N4OS/c1-4-9(5-2)16(6-7-17)11-8-10(13)14-12(15-11)18-3/h8-9,17H,4-7H2,1-3H3,(H2,13,14,15). The summed E-state index contributed by atoms with van der Waals surface area (Å²) in [7, 11) is 0. The maximum absolute atomic E-state index is 9.21. The molecule has 0 spiro atoms. The van der Waals surface area contributed by atoms with Gasteiger partial charge in [-0.2, -0.15) is 0 Å². The van der Waals surface area contributed by atoms with Crippen LogP contribution in [0.15, 0.2) is 11.2 Å². The predicted molar refractivity (Wildman–Crippen MR) is 77.0 cm³/mol. The average Bonchev–Trinajstić information content (AvgIpc) is 2.38. The molecule has 0 atom stereocenters. The number of hydrogen-bond acceptors (Lipinski definition) is 6. The monoisotopic (exact) mass is 270 g/mol. The topological polar surface area (TPSA) is 75.3 Å². The molecule has 0 amide bonds. The van der Waals surface area contributed by atoms with Gasteiger partial charge in [-0.25, -0.2) is 9.97 Å². The van der Waals surface area contributed by atoms with Crippen molar-refractivity contribution in [1.82, 2.24) is 9.97 Å². The van der Waals surface area contributed by atoms with Crippen LogP contribution in [-0.4, -0.2) is 40.5 Å². The Bertz CT molecular complexity index is 371. The van der Waals surface area contributed by atoms with Gasteiger partial charge >= 0.3 is 0 Å². The van der Waals surface area contributed by atoms with Gasteiger partial charge in [0.1, 0.15) is 11.6 Å². The third-order valence-electron chi connectivity index (χ3n) is 2.91. The highest BCUT2D eigenvalue weighted by Crippen LogP contribution is 2.22. The van der Waals surface area contributed by atoms with Crippen LogP contribution in [0.4, 0.5) is 11.6 Å². The Morgan fingerprint density at radius 3 is 2.56 bits per heavy atom. The highest BCUT2D eigenvalue weighted by Gasteiger charge is 2.17. The molecule has 0 saturated heterocycles.